The summed E-state index contributed by atoms with van der Waals surface area (Å²) in [6.07, 6.45) is 1.54. The summed E-state index contributed by atoms with van der Waals surface area (Å²) in [5.41, 5.74) is 19.6. The van der Waals surface area contributed by atoms with Gasteiger partial charge >= 0.3 is 0 Å². The van der Waals surface area contributed by atoms with Crippen LogP contribution in [0.5, 0.6) is 0 Å². The summed E-state index contributed by atoms with van der Waals surface area (Å²) in [6, 6.07) is 14.1. The van der Waals surface area contributed by atoms with Crippen molar-refractivity contribution in [2.24, 2.45) is 5.73 Å². The van der Waals surface area contributed by atoms with Crippen LogP contribution in [-0.4, -0.2) is 5.78 Å². The molecule has 0 aliphatic rings. The number of ketones is 1. The van der Waals surface area contributed by atoms with Gasteiger partial charge in [-0.15, -0.1) is 0 Å². The lowest BCUT2D eigenvalue weighted by Crippen LogP contribution is -2.11. The fourth-order valence-electron chi connectivity index (χ4n) is 1.72. The molecule has 0 heterocycles. The number of nitrogens with two attached hydrogens (primary N) is 3. The van der Waals surface area contributed by atoms with Crippen LogP contribution >= 0.6 is 0 Å². The first-order valence-electron chi connectivity index (χ1n) is 5.80. The zero-order valence-corrected chi connectivity index (χ0v) is 10.3. The highest BCUT2D eigenvalue weighted by molar-refractivity contribution is 6.10. The van der Waals surface area contributed by atoms with Crippen molar-refractivity contribution < 1.29 is 4.79 Å². The summed E-state index contributed by atoms with van der Waals surface area (Å²) in [5.74, 6) is -0.234. The first-order chi connectivity index (χ1) is 9.09. The summed E-state index contributed by atoms with van der Waals surface area (Å²) in [5, 5.41) is 0. The normalized spacial score (nSPS) is 11.3. The van der Waals surface area contributed by atoms with Crippen molar-refractivity contribution in [1.29, 1.82) is 0 Å². The molecule has 0 aliphatic heterocycles. The monoisotopic (exact) mass is 253 g/mol. The number of para-hydroxylation sites is 1. The third kappa shape index (κ3) is 2.74. The van der Waals surface area contributed by atoms with Crippen LogP contribution in [-0.2, 0) is 0 Å². The topological polar surface area (TPSA) is 95.1 Å². The van der Waals surface area contributed by atoms with Crippen LogP contribution in [0, 0.1) is 0 Å². The average molecular weight is 253 g/mol. The van der Waals surface area contributed by atoms with Crippen molar-refractivity contribution in [1.82, 2.24) is 0 Å². The number of Topliss-reactive ketones (excluding diaryl/α,β-unsaturated/α-hetero) is 1. The SMILES string of the molecule is N/C(=C\c1cccc(N)c1N)C(=O)c1ccccc1. The number of benzene rings is 2. The Bertz CT molecular complexity index is 633. The van der Waals surface area contributed by atoms with Crippen LogP contribution in [0.3, 0.4) is 0 Å². The van der Waals surface area contributed by atoms with Gasteiger partial charge in [-0.3, -0.25) is 4.79 Å². The molecule has 96 valence electrons. The van der Waals surface area contributed by atoms with Crippen LogP contribution < -0.4 is 17.2 Å². The maximum Gasteiger partial charge on any atom is 0.208 e. The van der Waals surface area contributed by atoms with E-state index >= 15 is 0 Å². The molecule has 0 fully saturated rings. The molecule has 4 heteroatoms. The van der Waals surface area contributed by atoms with E-state index in [1.54, 1.807) is 48.5 Å². The van der Waals surface area contributed by atoms with Crippen molar-refractivity contribution in [3.05, 3.63) is 65.4 Å². The minimum absolute atomic E-state index is 0.128. The second-order valence-corrected chi connectivity index (χ2v) is 4.14. The zero-order valence-electron chi connectivity index (χ0n) is 10.3. The molecule has 0 aromatic heterocycles. The Hall–Kier alpha value is -2.75. The van der Waals surface area contributed by atoms with Crippen LogP contribution in [0.1, 0.15) is 15.9 Å². The molecule has 0 atom stereocenters. The molecule has 0 saturated carbocycles. The van der Waals surface area contributed by atoms with Crippen molar-refractivity contribution in [2.75, 3.05) is 11.5 Å². The number of anilines is 2. The van der Waals surface area contributed by atoms with E-state index in [1.807, 2.05) is 6.07 Å². The molecule has 4 nitrogen and oxygen atoms in total. The summed E-state index contributed by atoms with van der Waals surface area (Å²) in [7, 11) is 0. The number of hydrogen-bond donors (Lipinski definition) is 3. The van der Waals surface area contributed by atoms with Gasteiger partial charge in [-0.05, 0) is 12.1 Å². The molecular weight excluding hydrogens is 238 g/mol. The van der Waals surface area contributed by atoms with E-state index in [0.717, 1.165) is 0 Å². The fraction of sp³-hybridized carbons (Fsp3) is 0. The maximum absolute atomic E-state index is 12.1. The van der Waals surface area contributed by atoms with Gasteiger partial charge in [0.15, 0.2) is 0 Å². The molecule has 0 bridgehead atoms. The Morgan fingerprint density at radius 1 is 0.947 bits per heavy atom. The molecule has 2 aromatic rings. The second kappa shape index (κ2) is 5.27. The summed E-state index contributed by atoms with van der Waals surface area (Å²) < 4.78 is 0. The van der Waals surface area contributed by atoms with E-state index in [9.17, 15) is 4.79 Å². The van der Waals surface area contributed by atoms with Crippen LogP contribution in [0.4, 0.5) is 11.4 Å². The van der Waals surface area contributed by atoms with Gasteiger partial charge in [0, 0.05) is 11.1 Å². The van der Waals surface area contributed by atoms with Gasteiger partial charge in [0.25, 0.3) is 0 Å². The van der Waals surface area contributed by atoms with Crippen LogP contribution in [0.25, 0.3) is 6.08 Å². The number of carbonyl (C=O) groups is 1. The minimum atomic E-state index is -0.234. The van der Waals surface area contributed by atoms with Crippen molar-refractivity contribution in [3.8, 4) is 0 Å². The predicted octanol–water partition coefficient (Wildman–Crippen LogP) is 2.03. The van der Waals surface area contributed by atoms with Crippen molar-refractivity contribution in [2.45, 2.75) is 0 Å². The Kier molecular flexibility index (Phi) is 3.52. The number of nitrogen functional groups attached to an aromatic ring is 2. The van der Waals surface area contributed by atoms with E-state index in [1.165, 1.54) is 0 Å². The molecule has 0 radical (unpaired) electrons. The van der Waals surface area contributed by atoms with Crippen LogP contribution in [0.2, 0.25) is 0 Å². The van der Waals surface area contributed by atoms with Gasteiger partial charge in [0.05, 0.1) is 17.1 Å². The molecular formula is C15H15N3O. The molecule has 0 amide bonds. The molecule has 6 N–H and O–H groups in total. The van der Waals surface area contributed by atoms with Crippen molar-refractivity contribution in [3.63, 3.8) is 0 Å². The highest BCUT2D eigenvalue weighted by atomic mass is 16.1. The van der Waals surface area contributed by atoms with Gasteiger partial charge in [-0.25, -0.2) is 0 Å². The number of allylic oxidation sites excluding steroid dienone is 1. The molecule has 0 unspecified atom stereocenters. The molecule has 0 aliphatic carbocycles. The maximum atomic E-state index is 12.1. The van der Waals surface area contributed by atoms with Gasteiger partial charge in [0.2, 0.25) is 5.78 Å². The Labute approximate surface area is 111 Å². The number of rotatable bonds is 3. The number of hydrogen-bond acceptors (Lipinski definition) is 4. The third-order valence-electron chi connectivity index (χ3n) is 2.78. The van der Waals surface area contributed by atoms with Gasteiger partial charge in [0.1, 0.15) is 0 Å². The molecule has 2 rings (SSSR count). The lowest BCUT2D eigenvalue weighted by molar-refractivity contribution is 0.103. The summed E-state index contributed by atoms with van der Waals surface area (Å²) in [4.78, 5) is 12.1. The second-order valence-electron chi connectivity index (χ2n) is 4.14. The van der Waals surface area contributed by atoms with Gasteiger partial charge < -0.3 is 17.2 Å². The lowest BCUT2D eigenvalue weighted by Gasteiger charge is -2.05. The Balaban J connectivity index is 2.34. The quantitative estimate of drug-likeness (QED) is 0.443. The zero-order chi connectivity index (χ0) is 13.8. The third-order valence-corrected chi connectivity index (χ3v) is 2.78. The first-order valence-corrected chi connectivity index (χ1v) is 5.80. The molecule has 2 aromatic carbocycles. The Morgan fingerprint density at radius 2 is 1.63 bits per heavy atom. The minimum Gasteiger partial charge on any atom is -0.397 e. The first kappa shape index (κ1) is 12.7. The summed E-state index contributed by atoms with van der Waals surface area (Å²) >= 11 is 0. The lowest BCUT2D eigenvalue weighted by atomic mass is 10.1. The molecule has 0 saturated heterocycles. The largest absolute Gasteiger partial charge is 0.397 e. The van der Waals surface area contributed by atoms with E-state index in [0.29, 0.717) is 22.5 Å². The summed E-state index contributed by atoms with van der Waals surface area (Å²) in [6.45, 7) is 0. The van der Waals surface area contributed by atoms with Gasteiger partial charge in [-0.1, -0.05) is 42.5 Å². The average Bonchev–Trinajstić information content (AvgIpc) is 2.44. The predicted molar refractivity (Wildman–Crippen MR) is 78.2 cm³/mol. The van der Waals surface area contributed by atoms with Gasteiger partial charge in [-0.2, -0.15) is 0 Å². The van der Waals surface area contributed by atoms with Crippen molar-refractivity contribution >= 4 is 23.2 Å². The molecule has 0 spiro atoms. The fourth-order valence-corrected chi connectivity index (χ4v) is 1.72. The standard InChI is InChI=1S/C15H15N3O/c16-12-8-4-7-11(14(12)18)9-13(17)15(19)10-5-2-1-3-6-10/h1-9H,16-18H2/b13-9-. The molecule has 19 heavy (non-hydrogen) atoms. The van der Waals surface area contributed by atoms with E-state index in [-0.39, 0.29) is 11.5 Å². The van der Waals surface area contributed by atoms with E-state index < -0.39 is 0 Å². The smallest absolute Gasteiger partial charge is 0.208 e. The Morgan fingerprint density at radius 3 is 2.32 bits per heavy atom. The highest BCUT2D eigenvalue weighted by Crippen LogP contribution is 2.21. The van der Waals surface area contributed by atoms with Crippen LogP contribution in [0.15, 0.2) is 54.2 Å². The van der Waals surface area contributed by atoms with E-state index in [4.69, 9.17) is 17.2 Å². The number of carbonyl (C=O) groups excluding carboxylic acids is 1. The van der Waals surface area contributed by atoms with E-state index in [2.05, 4.69) is 0 Å². The highest BCUT2D eigenvalue weighted by Gasteiger charge is 2.09.